The van der Waals surface area contributed by atoms with Gasteiger partial charge in [-0.15, -0.1) is 0 Å². The molecule has 1 aromatic rings. The largest absolute Gasteiger partial charge is 0.341 e. The minimum absolute atomic E-state index is 0.557. The van der Waals surface area contributed by atoms with Crippen LogP contribution in [0.3, 0.4) is 0 Å². The molecule has 1 aliphatic rings. The molecule has 0 spiro atoms. The van der Waals surface area contributed by atoms with Crippen molar-refractivity contribution in [1.82, 2.24) is 9.97 Å². The number of nitrogens with zero attached hydrogens (tertiary/aromatic N) is 3. The average Bonchev–Trinajstić information content (AvgIpc) is 2.23. The fraction of sp³-hybridized carbons (Fsp3) is 0.556. The van der Waals surface area contributed by atoms with Gasteiger partial charge in [-0.05, 0) is 41.9 Å². The van der Waals surface area contributed by atoms with E-state index in [1.54, 1.807) is 6.20 Å². The first-order valence-corrected chi connectivity index (χ1v) is 6.16. The Labute approximate surface area is 102 Å². The van der Waals surface area contributed by atoms with E-state index in [-0.39, 0.29) is 0 Å². The van der Waals surface area contributed by atoms with Crippen LogP contribution in [0.1, 0.15) is 19.3 Å². The van der Waals surface area contributed by atoms with Crippen LogP contribution < -0.4 is 4.90 Å². The molecule has 0 unspecified atom stereocenters. The maximum atomic E-state index is 5.95. The minimum Gasteiger partial charge on any atom is -0.341 e. The fourth-order valence-electron chi connectivity index (χ4n) is 1.58. The summed E-state index contributed by atoms with van der Waals surface area (Å²) >= 11 is 8.08. The SMILES string of the molecule is Clc1nc(N2CCCCC2)ncc1I. The third-order valence-corrected chi connectivity index (χ3v) is 3.72. The summed E-state index contributed by atoms with van der Waals surface area (Å²) in [5.74, 6) is 0.773. The molecular formula is C9H11ClIN3. The van der Waals surface area contributed by atoms with Crippen molar-refractivity contribution >= 4 is 40.1 Å². The number of halogens is 2. The van der Waals surface area contributed by atoms with Gasteiger partial charge in [-0.3, -0.25) is 0 Å². The molecule has 0 radical (unpaired) electrons. The van der Waals surface area contributed by atoms with Crippen molar-refractivity contribution in [2.24, 2.45) is 0 Å². The van der Waals surface area contributed by atoms with E-state index in [1.807, 2.05) is 0 Å². The molecule has 76 valence electrons. The molecule has 1 fully saturated rings. The van der Waals surface area contributed by atoms with E-state index in [0.29, 0.717) is 5.15 Å². The third kappa shape index (κ3) is 2.28. The molecule has 2 rings (SSSR count). The van der Waals surface area contributed by atoms with Gasteiger partial charge in [-0.25, -0.2) is 4.98 Å². The second-order valence-corrected chi connectivity index (χ2v) is 4.88. The van der Waals surface area contributed by atoms with Crippen molar-refractivity contribution < 1.29 is 0 Å². The van der Waals surface area contributed by atoms with Crippen LogP contribution in [-0.4, -0.2) is 23.1 Å². The molecule has 14 heavy (non-hydrogen) atoms. The topological polar surface area (TPSA) is 29.0 Å². The molecule has 1 aromatic heterocycles. The van der Waals surface area contributed by atoms with E-state index >= 15 is 0 Å². The highest BCUT2D eigenvalue weighted by atomic mass is 127. The molecule has 0 amide bonds. The number of hydrogen-bond donors (Lipinski definition) is 0. The zero-order valence-electron chi connectivity index (χ0n) is 7.71. The zero-order chi connectivity index (χ0) is 9.97. The molecule has 0 saturated carbocycles. The van der Waals surface area contributed by atoms with Crippen molar-refractivity contribution in [2.75, 3.05) is 18.0 Å². The van der Waals surface area contributed by atoms with E-state index in [1.165, 1.54) is 19.3 Å². The Morgan fingerprint density at radius 2 is 2.00 bits per heavy atom. The molecule has 5 heteroatoms. The van der Waals surface area contributed by atoms with Crippen LogP contribution in [0.25, 0.3) is 0 Å². The van der Waals surface area contributed by atoms with Gasteiger partial charge in [-0.2, -0.15) is 4.98 Å². The second kappa shape index (κ2) is 4.61. The summed E-state index contributed by atoms with van der Waals surface area (Å²) in [7, 11) is 0. The van der Waals surface area contributed by atoms with Crippen molar-refractivity contribution in [3.8, 4) is 0 Å². The molecule has 2 heterocycles. The highest BCUT2D eigenvalue weighted by molar-refractivity contribution is 14.1. The lowest BCUT2D eigenvalue weighted by molar-refractivity contribution is 0.568. The van der Waals surface area contributed by atoms with E-state index in [2.05, 4.69) is 37.5 Å². The number of piperidine rings is 1. The van der Waals surface area contributed by atoms with E-state index < -0.39 is 0 Å². The van der Waals surface area contributed by atoms with Gasteiger partial charge in [0.25, 0.3) is 0 Å². The summed E-state index contributed by atoms with van der Waals surface area (Å²) in [5, 5.41) is 0.557. The molecule has 0 N–H and O–H groups in total. The standard InChI is InChI=1S/C9H11ClIN3/c10-8-7(11)6-12-9(13-8)14-4-2-1-3-5-14/h6H,1-5H2. The van der Waals surface area contributed by atoms with Crippen molar-refractivity contribution in [1.29, 1.82) is 0 Å². The number of anilines is 1. The van der Waals surface area contributed by atoms with Crippen molar-refractivity contribution in [3.63, 3.8) is 0 Å². The van der Waals surface area contributed by atoms with Crippen LogP contribution >= 0.6 is 34.2 Å². The van der Waals surface area contributed by atoms with Crippen molar-refractivity contribution in [2.45, 2.75) is 19.3 Å². The maximum Gasteiger partial charge on any atom is 0.226 e. The summed E-state index contributed by atoms with van der Waals surface area (Å²) in [6.45, 7) is 2.11. The first-order valence-electron chi connectivity index (χ1n) is 4.70. The molecule has 1 aliphatic heterocycles. The van der Waals surface area contributed by atoms with Crippen LogP contribution in [0.5, 0.6) is 0 Å². The van der Waals surface area contributed by atoms with Gasteiger partial charge in [0, 0.05) is 19.3 Å². The van der Waals surface area contributed by atoms with Gasteiger partial charge in [0.1, 0.15) is 5.15 Å². The Hall–Kier alpha value is -0.100. The second-order valence-electron chi connectivity index (χ2n) is 3.36. The summed E-state index contributed by atoms with van der Waals surface area (Å²) in [5.41, 5.74) is 0. The molecule has 3 nitrogen and oxygen atoms in total. The Morgan fingerprint density at radius 3 is 2.64 bits per heavy atom. The predicted octanol–water partition coefficient (Wildman–Crippen LogP) is 2.72. The lowest BCUT2D eigenvalue weighted by Crippen LogP contribution is -2.31. The smallest absolute Gasteiger partial charge is 0.226 e. The highest BCUT2D eigenvalue weighted by Crippen LogP contribution is 2.20. The van der Waals surface area contributed by atoms with Crippen LogP contribution in [0, 0.1) is 3.57 Å². The van der Waals surface area contributed by atoms with E-state index in [0.717, 1.165) is 22.6 Å². The molecule has 0 aromatic carbocycles. The summed E-state index contributed by atoms with van der Waals surface area (Å²) in [6.07, 6.45) is 5.55. The number of aromatic nitrogens is 2. The quantitative estimate of drug-likeness (QED) is 0.588. The lowest BCUT2D eigenvalue weighted by Gasteiger charge is -2.26. The molecule has 0 atom stereocenters. The summed E-state index contributed by atoms with van der Waals surface area (Å²) < 4.78 is 0.907. The number of rotatable bonds is 1. The van der Waals surface area contributed by atoms with Crippen LogP contribution in [-0.2, 0) is 0 Å². The van der Waals surface area contributed by atoms with Crippen molar-refractivity contribution in [3.05, 3.63) is 14.9 Å². The van der Waals surface area contributed by atoms with Gasteiger partial charge in [0.05, 0.1) is 3.57 Å². The Balaban J connectivity index is 2.18. The van der Waals surface area contributed by atoms with Gasteiger partial charge in [-0.1, -0.05) is 11.6 Å². The molecule has 1 saturated heterocycles. The van der Waals surface area contributed by atoms with E-state index in [4.69, 9.17) is 11.6 Å². The monoisotopic (exact) mass is 323 g/mol. The van der Waals surface area contributed by atoms with Crippen LogP contribution in [0.15, 0.2) is 6.20 Å². The first-order chi connectivity index (χ1) is 6.77. The third-order valence-electron chi connectivity index (χ3n) is 2.33. The van der Waals surface area contributed by atoms with Crippen LogP contribution in [0.2, 0.25) is 5.15 Å². The predicted molar refractivity (Wildman–Crippen MR) is 65.8 cm³/mol. The molecule has 0 bridgehead atoms. The highest BCUT2D eigenvalue weighted by Gasteiger charge is 2.14. The zero-order valence-corrected chi connectivity index (χ0v) is 10.6. The lowest BCUT2D eigenvalue weighted by atomic mass is 10.1. The average molecular weight is 324 g/mol. The van der Waals surface area contributed by atoms with Gasteiger partial charge in [0.2, 0.25) is 5.95 Å². The fourth-order valence-corrected chi connectivity index (χ4v) is 1.97. The van der Waals surface area contributed by atoms with Gasteiger partial charge < -0.3 is 4.90 Å². The molecule has 0 aliphatic carbocycles. The number of hydrogen-bond acceptors (Lipinski definition) is 3. The Kier molecular flexibility index (Phi) is 3.43. The van der Waals surface area contributed by atoms with E-state index in [9.17, 15) is 0 Å². The normalized spacial score (nSPS) is 17.1. The van der Waals surface area contributed by atoms with Gasteiger partial charge >= 0.3 is 0 Å². The van der Waals surface area contributed by atoms with Crippen LogP contribution in [0.4, 0.5) is 5.95 Å². The first kappa shape index (κ1) is 10.4. The Bertz CT molecular complexity index is 326. The summed E-state index contributed by atoms with van der Waals surface area (Å²) in [6, 6.07) is 0. The maximum absolute atomic E-state index is 5.95. The minimum atomic E-state index is 0.557. The summed E-state index contributed by atoms with van der Waals surface area (Å²) in [4.78, 5) is 10.8. The van der Waals surface area contributed by atoms with Gasteiger partial charge in [0.15, 0.2) is 0 Å². The Morgan fingerprint density at radius 1 is 1.29 bits per heavy atom. The molecular weight excluding hydrogens is 312 g/mol.